The van der Waals surface area contributed by atoms with Gasteiger partial charge in [-0.15, -0.1) is 0 Å². The molecular formula is C26H25N3O4S. The van der Waals surface area contributed by atoms with Crippen LogP contribution in [0, 0.1) is 0 Å². The van der Waals surface area contributed by atoms with Crippen LogP contribution in [-0.4, -0.2) is 36.2 Å². The quantitative estimate of drug-likeness (QED) is 0.422. The molecule has 5 rings (SSSR count). The fraction of sp³-hybridized carbons (Fsp3) is 0.231. The van der Waals surface area contributed by atoms with Crippen molar-refractivity contribution in [3.63, 3.8) is 0 Å². The predicted molar refractivity (Wildman–Crippen MR) is 131 cm³/mol. The fourth-order valence-corrected chi connectivity index (χ4v) is 5.97. The minimum atomic E-state index is -3.58. The number of aromatic nitrogens is 1. The molecule has 7 nitrogen and oxygen atoms in total. The normalized spacial score (nSPS) is 17.0. The van der Waals surface area contributed by atoms with E-state index in [-0.39, 0.29) is 16.8 Å². The Hall–Kier alpha value is -3.49. The Morgan fingerprint density at radius 1 is 1.03 bits per heavy atom. The molecule has 4 aromatic rings. The van der Waals surface area contributed by atoms with Gasteiger partial charge in [0, 0.05) is 29.4 Å². The van der Waals surface area contributed by atoms with Gasteiger partial charge in [-0.3, -0.25) is 4.79 Å². The Bertz CT molecular complexity index is 1410. The Morgan fingerprint density at radius 3 is 2.59 bits per heavy atom. The lowest BCUT2D eigenvalue weighted by Gasteiger charge is -2.32. The third kappa shape index (κ3) is 4.34. The molecule has 0 saturated carbocycles. The Labute approximate surface area is 198 Å². The molecule has 1 aliphatic heterocycles. The highest BCUT2D eigenvalue weighted by Crippen LogP contribution is 2.27. The zero-order valence-corrected chi connectivity index (χ0v) is 19.6. The van der Waals surface area contributed by atoms with E-state index in [2.05, 4.69) is 10.3 Å². The molecule has 1 atom stereocenters. The maximum Gasteiger partial charge on any atom is 0.255 e. The highest BCUT2D eigenvalue weighted by Gasteiger charge is 2.30. The summed E-state index contributed by atoms with van der Waals surface area (Å²) in [5, 5.41) is 2.86. The average Bonchev–Trinajstić information content (AvgIpc) is 3.29. The summed E-state index contributed by atoms with van der Waals surface area (Å²) in [6.07, 6.45) is 2.77. The van der Waals surface area contributed by atoms with Crippen LogP contribution in [0.5, 0.6) is 0 Å². The van der Waals surface area contributed by atoms with Crippen molar-refractivity contribution in [3.05, 3.63) is 78.4 Å². The zero-order valence-electron chi connectivity index (χ0n) is 18.8. The van der Waals surface area contributed by atoms with Crippen molar-refractivity contribution in [1.29, 1.82) is 0 Å². The third-order valence-corrected chi connectivity index (χ3v) is 8.15. The van der Waals surface area contributed by atoms with Gasteiger partial charge in [-0.25, -0.2) is 13.4 Å². The van der Waals surface area contributed by atoms with Gasteiger partial charge in [0.1, 0.15) is 5.52 Å². The minimum Gasteiger partial charge on any atom is -0.436 e. The Morgan fingerprint density at radius 2 is 1.82 bits per heavy atom. The van der Waals surface area contributed by atoms with Crippen LogP contribution in [0.4, 0.5) is 5.69 Å². The molecule has 1 aliphatic rings. The summed E-state index contributed by atoms with van der Waals surface area (Å²) in [6, 6.07) is 20.8. The van der Waals surface area contributed by atoms with Crippen LogP contribution in [0.1, 0.15) is 36.5 Å². The zero-order chi connectivity index (χ0) is 23.7. The van der Waals surface area contributed by atoms with Crippen LogP contribution in [0.2, 0.25) is 0 Å². The minimum absolute atomic E-state index is 0.0183. The van der Waals surface area contributed by atoms with Crippen molar-refractivity contribution in [3.8, 4) is 11.5 Å². The lowest BCUT2D eigenvalue weighted by Crippen LogP contribution is -2.41. The summed E-state index contributed by atoms with van der Waals surface area (Å²) >= 11 is 0. The van der Waals surface area contributed by atoms with Gasteiger partial charge in [0.2, 0.25) is 15.9 Å². The molecule has 1 N–H and O–H groups in total. The maximum atomic E-state index is 13.0. The number of nitrogens with one attached hydrogen (secondary N) is 1. The smallest absolute Gasteiger partial charge is 0.255 e. The highest BCUT2D eigenvalue weighted by atomic mass is 32.2. The second-order valence-electron chi connectivity index (χ2n) is 8.51. The first-order valence-corrected chi connectivity index (χ1v) is 12.7. The molecule has 1 amide bonds. The number of para-hydroxylation sites is 2. The molecule has 0 spiro atoms. The third-order valence-electron chi connectivity index (χ3n) is 6.13. The number of amides is 1. The summed E-state index contributed by atoms with van der Waals surface area (Å²) < 4.78 is 33.4. The van der Waals surface area contributed by atoms with Gasteiger partial charge < -0.3 is 9.73 Å². The number of hydrogen-bond donors (Lipinski definition) is 1. The number of carbonyl (C=O) groups is 1. The van der Waals surface area contributed by atoms with Crippen LogP contribution in [0.25, 0.3) is 22.6 Å². The lowest BCUT2D eigenvalue weighted by molar-refractivity contribution is 0.102. The standard InChI is InChI=1S/C26H25N3O4S/c1-18-7-4-5-16-29(18)34(31,32)22-14-12-19(13-15-22)25(30)27-21-9-6-8-20(17-21)26-28-23-10-2-3-11-24(23)33-26/h2-3,6,8-15,17-18H,4-5,7,16H2,1H3,(H,27,30)/t18-/m0/s1. The predicted octanol–water partition coefficient (Wildman–Crippen LogP) is 5.31. The topological polar surface area (TPSA) is 92.5 Å². The molecule has 0 radical (unpaired) electrons. The van der Waals surface area contributed by atoms with Crippen molar-refractivity contribution >= 4 is 32.7 Å². The monoisotopic (exact) mass is 475 g/mol. The number of fused-ring (bicyclic) bond motifs is 1. The first kappa shape index (κ1) is 22.3. The van der Waals surface area contributed by atoms with E-state index in [4.69, 9.17) is 4.42 Å². The Kier molecular flexibility index (Phi) is 5.93. The van der Waals surface area contributed by atoms with Crippen molar-refractivity contribution in [1.82, 2.24) is 9.29 Å². The molecule has 8 heteroatoms. The molecule has 2 heterocycles. The molecule has 174 valence electrons. The molecule has 0 unspecified atom stereocenters. The number of rotatable bonds is 5. The van der Waals surface area contributed by atoms with Crippen molar-refractivity contribution in [2.24, 2.45) is 0 Å². The first-order chi connectivity index (χ1) is 16.4. The van der Waals surface area contributed by atoms with E-state index in [0.717, 1.165) is 30.3 Å². The van der Waals surface area contributed by atoms with Gasteiger partial charge >= 0.3 is 0 Å². The number of sulfonamides is 1. The van der Waals surface area contributed by atoms with Gasteiger partial charge in [-0.2, -0.15) is 4.31 Å². The van der Waals surface area contributed by atoms with Gasteiger partial charge in [-0.1, -0.05) is 24.6 Å². The summed E-state index contributed by atoms with van der Waals surface area (Å²) in [7, 11) is -3.58. The van der Waals surface area contributed by atoms with E-state index in [0.29, 0.717) is 29.3 Å². The van der Waals surface area contributed by atoms with E-state index >= 15 is 0 Å². The van der Waals surface area contributed by atoms with Crippen molar-refractivity contribution in [2.75, 3.05) is 11.9 Å². The number of carbonyl (C=O) groups excluding carboxylic acids is 1. The number of anilines is 1. The highest BCUT2D eigenvalue weighted by molar-refractivity contribution is 7.89. The largest absolute Gasteiger partial charge is 0.436 e. The number of nitrogens with zero attached hydrogens (tertiary/aromatic N) is 2. The second kappa shape index (κ2) is 9.04. The van der Waals surface area contributed by atoms with Crippen LogP contribution in [0.15, 0.2) is 82.1 Å². The van der Waals surface area contributed by atoms with Crippen molar-refractivity contribution < 1.29 is 17.6 Å². The van der Waals surface area contributed by atoms with Crippen LogP contribution >= 0.6 is 0 Å². The molecule has 0 aliphatic carbocycles. The number of piperidine rings is 1. The number of oxazole rings is 1. The van der Waals surface area contributed by atoms with Gasteiger partial charge in [-0.05, 0) is 74.4 Å². The summed E-state index contributed by atoms with van der Waals surface area (Å²) in [5.74, 6) is 0.142. The van der Waals surface area contributed by atoms with E-state index in [1.165, 1.54) is 12.1 Å². The summed E-state index contributed by atoms with van der Waals surface area (Å²) in [4.78, 5) is 17.5. The lowest BCUT2D eigenvalue weighted by atomic mass is 10.1. The second-order valence-corrected chi connectivity index (χ2v) is 10.4. The molecule has 34 heavy (non-hydrogen) atoms. The van der Waals surface area contributed by atoms with Crippen LogP contribution in [0.3, 0.4) is 0 Å². The van der Waals surface area contributed by atoms with Crippen LogP contribution < -0.4 is 5.32 Å². The molecule has 0 bridgehead atoms. The summed E-state index contributed by atoms with van der Waals surface area (Å²) in [5.41, 5.74) is 3.16. The molecule has 1 saturated heterocycles. The average molecular weight is 476 g/mol. The fourth-order valence-electron chi connectivity index (χ4n) is 4.27. The molecule has 3 aromatic carbocycles. The summed E-state index contributed by atoms with van der Waals surface area (Å²) in [6.45, 7) is 2.47. The maximum absolute atomic E-state index is 13.0. The van der Waals surface area contributed by atoms with E-state index in [9.17, 15) is 13.2 Å². The SMILES string of the molecule is C[C@H]1CCCCN1S(=O)(=O)c1ccc(C(=O)Nc2cccc(-c3nc4ccccc4o3)c2)cc1. The van der Waals surface area contributed by atoms with Crippen molar-refractivity contribution in [2.45, 2.75) is 37.1 Å². The molecular weight excluding hydrogens is 450 g/mol. The van der Waals surface area contributed by atoms with Crippen LogP contribution in [-0.2, 0) is 10.0 Å². The molecule has 1 fully saturated rings. The Balaban J connectivity index is 1.32. The van der Waals surface area contributed by atoms with E-state index in [1.54, 1.807) is 28.6 Å². The van der Waals surface area contributed by atoms with Gasteiger partial charge in [0.25, 0.3) is 5.91 Å². The van der Waals surface area contributed by atoms with Gasteiger partial charge in [0.15, 0.2) is 5.58 Å². The molecule has 1 aromatic heterocycles. The van der Waals surface area contributed by atoms with Gasteiger partial charge in [0.05, 0.1) is 4.90 Å². The van der Waals surface area contributed by atoms with E-state index in [1.807, 2.05) is 43.3 Å². The van der Waals surface area contributed by atoms with E-state index < -0.39 is 10.0 Å². The first-order valence-electron chi connectivity index (χ1n) is 11.3. The number of hydrogen-bond acceptors (Lipinski definition) is 5. The number of benzene rings is 3.